The van der Waals surface area contributed by atoms with Gasteiger partial charge < -0.3 is 19.9 Å². The lowest BCUT2D eigenvalue weighted by molar-refractivity contribution is -0.146. The molecule has 0 bridgehead atoms. The van der Waals surface area contributed by atoms with Gasteiger partial charge in [-0.25, -0.2) is 0 Å². The van der Waals surface area contributed by atoms with E-state index >= 15 is 0 Å². The maximum absolute atomic E-state index is 13.2. The van der Waals surface area contributed by atoms with Gasteiger partial charge in [0.15, 0.2) is 0 Å². The average molecular weight is 520 g/mol. The summed E-state index contributed by atoms with van der Waals surface area (Å²) in [7, 11) is 0. The van der Waals surface area contributed by atoms with Crippen LogP contribution in [0, 0.1) is 5.92 Å². The summed E-state index contributed by atoms with van der Waals surface area (Å²) in [6, 6.07) is 5.30. The maximum Gasteiger partial charge on any atom is 0.323 e. The SMILES string of the molecule is CCOC(=O)[C@H](CCCC1CCNCC1)N[C@H]1COc2ccccc2N(CC(=O)O)C1=O.Cl.Cl. The topological polar surface area (TPSA) is 117 Å². The molecule has 3 rings (SSSR count). The molecule has 9 nitrogen and oxygen atoms in total. The largest absolute Gasteiger partial charge is 0.489 e. The number of carboxylic acid groups (broad SMARTS) is 1. The van der Waals surface area contributed by atoms with Crippen LogP contribution in [-0.4, -0.2) is 67.9 Å². The number of esters is 1. The number of hydrogen-bond acceptors (Lipinski definition) is 7. The zero-order valence-electron chi connectivity index (χ0n) is 19.4. The first-order chi connectivity index (χ1) is 15.5. The van der Waals surface area contributed by atoms with Gasteiger partial charge >= 0.3 is 11.9 Å². The van der Waals surface area contributed by atoms with E-state index in [4.69, 9.17) is 9.47 Å². The third-order valence-corrected chi connectivity index (χ3v) is 5.96. The molecule has 0 aromatic heterocycles. The number of anilines is 1. The van der Waals surface area contributed by atoms with Gasteiger partial charge in [0.25, 0.3) is 0 Å². The Bertz CT molecular complexity index is 807. The minimum Gasteiger partial charge on any atom is -0.489 e. The lowest BCUT2D eigenvalue weighted by Crippen LogP contribution is -2.54. The van der Waals surface area contributed by atoms with E-state index in [0.717, 1.165) is 38.8 Å². The molecule has 192 valence electrons. The fourth-order valence-electron chi connectivity index (χ4n) is 4.31. The van der Waals surface area contributed by atoms with Gasteiger partial charge in [-0.2, -0.15) is 0 Å². The molecule has 1 saturated heterocycles. The van der Waals surface area contributed by atoms with Crippen LogP contribution in [0.2, 0.25) is 0 Å². The highest BCUT2D eigenvalue weighted by Gasteiger charge is 2.35. The molecule has 1 aromatic rings. The minimum absolute atomic E-state index is 0. The first-order valence-corrected chi connectivity index (χ1v) is 11.4. The van der Waals surface area contributed by atoms with Crippen molar-refractivity contribution < 1.29 is 29.0 Å². The van der Waals surface area contributed by atoms with Crippen molar-refractivity contribution >= 4 is 48.3 Å². The van der Waals surface area contributed by atoms with Gasteiger partial charge in [-0.15, -0.1) is 24.8 Å². The number of para-hydroxylation sites is 2. The Hall–Kier alpha value is -2.07. The third kappa shape index (κ3) is 8.30. The molecular formula is C23H35Cl2N3O6. The monoisotopic (exact) mass is 519 g/mol. The molecule has 2 atom stereocenters. The number of nitrogens with one attached hydrogen (secondary N) is 2. The van der Waals surface area contributed by atoms with Crippen LogP contribution in [0.1, 0.15) is 39.0 Å². The normalized spacial score (nSPS) is 18.9. The van der Waals surface area contributed by atoms with Gasteiger partial charge in [-0.05, 0) is 57.3 Å². The van der Waals surface area contributed by atoms with E-state index in [1.54, 1.807) is 31.2 Å². The molecule has 1 fully saturated rings. The lowest BCUT2D eigenvalue weighted by atomic mass is 9.91. The van der Waals surface area contributed by atoms with Crippen molar-refractivity contribution in [1.29, 1.82) is 0 Å². The van der Waals surface area contributed by atoms with Gasteiger partial charge in [0.05, 0.1) is 12.3 Å². The van der Waals surface area contributed by atoms with Crippen molar-refractivity contribution in [2.75, 3.05) is 37.7 Å². The zero-order chi connectivity index (χ0) is 22.9. The van der Waals surface area contributed by atoms with E-state index in [9.17, 15) is 19.5 Å². The highest BCUT2D eigenvalue weighted by atomic mass is 35.5. The highest BCUT2D eigenvalue weighted by molar-refractivity contribution is 6.02. The molecule has 1 amide bonds. The van der Waals surface area contributed by atoms with E-state index in [1.807, 2.05) is 0 Å². The number of amides is 1. The number of benzene rings is 1. The van der Waals surface area contributed by atoms with Crippen LogP contribution in [0.5, 0.6) is 5.75 Å². The molecule has 0 radical (unpaired) electrons. The summed E-state index contributed by atoms with van der Waals surface area (Å²) in [6.45, 7) is 3.55. The van der Waals surface area contributed by atoms with E-state index < -0.39 is 36.5 Å². The average Bonchev–Trinajstić information content (AvgIpc) is 2.91. The molecule has 0 unspecified atom stereocenters. The standard InChI is InChI=1S/C23H33N3O6.2ClH/c1-2-31-23(30)17(7-5-6-16-10-12-24-13-11-16)25-18-15-32-20-9-4-3-8-19(20)26(22(18)29)14-21(27)28;;/h3-4,8-9,16-18,24-25H,2,5-7,10-15H2,1H3,(H,27,28);2*1H/t17-,18-;;/m0../s1. The number of fused-ring (bicyclic) bond motifs is 1. The second-order valence-electron chi connectivity index (χ2n) is 8.25. The van der Waals surface area contributed by atoms with Crippen molar-refractivity contribution in [3.05, 3.63) is 24.3 Å². The Morgan fingerprint density at radius 2 is 1.97 bits per heavy atom. The smallest absolute Gasteiger partial charge is 0.323 e. The molecule has 2 aliphatic heterocycles. The number of nitrogens with zero attached hydrogens (tertiary/aromatic N) is 1. The molecular weight excluding hydrogens is 485 g/mol. The first-order valence-electron chi connectivity index (χ1n) is 11.4. The summed E-state index contributed by atoms with van der Waals surface area (Å²) in [4.78, 5) is 38.5. The molecule has 1 aromatic carbocycles. The molecule has 11 heteroatoms. The molecule has 0 saturated carbocycles. The van der Waals surface area contributed by atoms with Crippen LogP contribution in [0.15, 0.2) is 24.3 Å². The number of ether oxygens (including phenoxy) is 2. The number of piperidine rings is 1. The van der Waals surface area contributed by atoms with Crippen molar-refractivity contribution in [3.63, 3.8) is 0 Å². The summed E-state index contributed by atoms with van der Waals surface area (Å²) in [5.41, 5.74) is 0.405. The van der Waals surface area contributed by atoms with Crippen molar-refractivity contribution in [3.8, 4) is 5.75 Å². The minimum atomic E-state index is -1.13. The number of rotatable bonds is 10. The zero-order valence-corrected chi connectivity index (χ0v) is 21.0. The van der Waals surface area contributed by atoms with Crippen molar-refractivity contribution in [2.24, 2.45) is 5.92 Å². The van der Waals surface area contributed by atoms with Crippen molar-refractivity contribution in [1.82, 2.24) is 10.6 Å². The number of carbonyl (C=O) groups is 3. The van der Waals surface area contributed by atoms with E-state index in [0.29, 0.717) is 23.8 Å². The van der Waals surface area contributed by atoms with Crippen LogP contribution in [0.25, 0.3) is 0 Å². The van der Waals surface area contributed by atoms with Crippen LogP contribution in [0.4, 0.5) is 5.69 Å². The Labute approximate surface area is 212 Å². The molecule has 2 heterocycles. The Morgan fingerprint density at radius 1 is 1.26 bits per heavy atom. The predicted octanol–water partition coefficient (Wildman–Crippen LogP) is 2.40. The number of aliphatic carboxylic acids is 1. The van der Waals surface area contributed by atoms with Gasteiger partial charge in [0, 0.05) is 0 Å². The molecule has 0 spiro atoms. The van der Waals surface area contributed by atoms with Gasteiger partial charge in [0.2, 0.25) is 5.91 Å². The molecule has 0 aliphatic carbocycles. The quantitative estimate of drug-likeness (QED) is 0.403. The third-order valence-electron chi connectivity index (χ3n) is 5.96. The summed E-state index contributed by atoms with van der Waals surface area (Å²) < 4.78 is 11.0. The highest BCUT2D eigenvalue weighted by Crippen LogP contribution is 2.31. The molecule has 34 heavy (non-hydrogen) atoms. The van der Waals surface area contributed by atoms with Gasteiger partial charge in [-0.3, -0.25) is 24.6 Å². The molecule has 2 aliphatic rings. The summed E-state index contributed by atoms with van der Waals surface area (Å²) >= 11 is 0. The van der Waals surface area contributed by atoms with Crippen LogP contribution in [0.3, 0.4) is 0 Å². The fourth-order valence-corrected chi connectivity index (χ4v) is 4.31. The van der Waals surface area contributed by atoms with E-state index in [1.165, 1.54) is 4.90 Å². The fraction of sp³-hybridized carbons (Fsp3) is 0.609. The number of hydrogen-bond donors (Lipinski definition) is 3. The summed E-state index contributed by atoms with van der Waals surface area (Å²) in [5, 5.41) is 15.8. The van der Waals surface area contributed by atoms with Gasteiger partial charge in [0.1, 0.15) is 31.0 Å². The predicted molar refractivity (Wildman–Crippen MR) is 133 cm³/mol. The van der Waals surface area contributed by atoms with Gasteiger partial charge in [-0.1, -0.05) is 25.0 Å². The maximum atomic E-state index is 13.2. The Balaban J connectivity index is 0.00000289. The summed E-state index contributed by atoms with van der Waals surface area (Å²) in [5.74, 6) is -0.896. The lowest BCUT2D eigenvalue weighted by Gasteiger charge is -2.27. The number of halogens is 2. The van der Waals surface area contributed by atoms with E-state index in [2.05, 4.69) is 10.6 Å². The number of carboxylic acids is 1. The Kier molecular flexibility index (Phi) is 13.2. The van der Waals surface area contributed by atoms with E-state index in [-0.39, 0.29) is 38.0 Å². The van der Waals surface area contributed by atoms with Crippen LogP contribution < -0.4 is 20.3 Å². The van der Waals surface area contributed by atoms with Crippen LogP contribution in [-0.2, 0) is 19.1 Å². The molecule has 3 N–H and O–H groups in total. The Morgan fingerprint density at radius 3 is 2.65 bits per heavy atom. The van der Waals surface area contributed by atoms with Crippen LogP contribution >= 0.6 is 24.8 Å². The second kappa shape index (κ2) is 15.0. The summed E-state index contributed by atoms with van der Waals surface area (Å²) in [6.07, 6.45) is 4.66. The second-order valence-corrected chi connectivity index (χ2v) is 8.25. The number of carbonyl (C=O) groups excluding carboxylic acids is 2. The van der Waals surface area contributed by atoms with Crippen molar-refractivity contribution in [2.45, 2.75) is 51.1 Å². The first kappa shape index (κ1) is 30.0.